The summed E-state index contributed by atoms with van der Waals surface area (Å²) in [7, 11) is -0.785. The second-order valence-corrected chi connectivity index (χ2v) is 7.03. The first-order chi connectivity index (χ1) is 11.1. The monoisotopic (exact) mass is 329 g/mol. The summed E-state index contributed by atoms with van der Waals surface area (Å²) in [5, 5.41) is 7.64. The van der Waals surface area contributed by atoms with Crippen LogP contribution < -0.4 is 5.32 Å². The molecule has 0 bridgehead atoms. The summed E-state index contributed by atoms with van der Waals surface area (Å²) in [6.45, 7) is 2.07. The number of fused-ring (bicyclic) bond motifs is 1. The van der Waals surface area contributed by atoms with Crippen LogP contribution in [0.1, 0.15) is 13.3 Å². The highest BCUT2D eigenvalue weighted by molar-refractivity contribution is 7.84. The quantitative estimate of drug-likeness (QED) is 0.751. The largest absolute Gasteiger partial charge is 0.367 e. The molecule has 2 heterocycles. The van der Waals surface area contributed by atoms with E-state index in [9.17, 15) is 4.21 Å². The topological polar surface area (TPSA) is 72.2 Å². The van der Waals surface area contributed by atoms with Gasteiger partial charge in [0.25, 0.3) is 5.78 Å². The maximum atomic E-state index is 11.3. The molecule has 1 aromatic carbocycles. The number of hydrogen-bond donors (Lipinski definition) is 1. The van der Waals surface area contributed by atoms with Crippen LogP contribution >= 0.6 is 0 Å². The number of rotatable bonds is 6. The SMILES string of the molecule is C[C@H](CC[S@](C)=O)Nc1cc(-c2ccccc2)nc2ncnn12. The van der Waals surface area contributed by atoms with E-state index in [1.165, 1.54) is 6.33 Å². The molecule has 0 aliphatic heterocycles. The Morgan fingerprint density at radius 3 is 2.83 bits per heavy atom. The Morgan fingerprint density at radius 1 is 1.30 bits per heavy atom. The van der Waals surface area contributed by atoms with Gasteiger partial charge in [-0.1, -0.05) is 30.3 Å². The van der Waals surface area contributed by atoms with Gasteiger partial charge >= 0.3 is 0 Å². The van der Waals surface area contributed by atoms with Crippen LogP contribution in [0.5, 0.6) is 0 Å². The van der Waals surface area contributed by atoms with Gasteiger partial charge in [-0.25, -0.2) is 4.98 Å². The molecule has 0 aliphatic carbocycles. The molecule has 0 saturated heterocycles. The molecular formula is C16H19N5OS. The first kappa shape index (κ1) is 15.6. The zero-order chi connectivity index (χ0) is 16.2. The van der Waals surface area contributed by atoms with Crippen molar-refractivity contribution in [1.82, 2.24) is 19.6 Å². The lowest BCUT2D eigenvalue weighted by Crippen LogP contribution is -2.20. The second-order valence-electron chi connectivity index (χ2n) is 5.48. The average molecular weight is 329 g/mol. The van der Waals surface area contributed by atoms with E-state index < -0.39 is 10.8 Å². The van der Waals surface area contributed by atoms with Gasteiger partial charge in [0.15, 0.2) is 0 Å². The van der Waals surface area contributed by atoms with Gasteiger partial charge in [0.05, 0.1) is 5.69 Å². The molecule has 7 heteroatoms. The van der Waals surface area contributed by atoms with Gasteiger partial charge in [-0.05, 0) is 13.3 Å². The van der Waals surface area contributed by atoms with Gasteiger partial charge < -0.3 is 5.32 Å². The highest BCUT2D eigenvalue weighted by Gasteiger charge is 2.11. The van der Waals surface area contributed by atoms with Crippen LogP contribution in [0.4, 0.5) is 5.82 Å². The third-order valence-electron chi connectivity index (χ3n) is 3.55. The minimum absolute atomic E-state index is 0.178. The lowest BCUT2D eigenvalue weighted by atomic mass is 10.1. The van der Waals surface area contributed by atoms with Gasteiger partial charge in [-0.2, -0.15) is 14.6 Å². The normalized spacial score (nSPS) is 13.8. The lowest BCUT2D eigenvalue weighted by molar-refractivity contribution is 0.677. The Balaban J connectivity index is 1.92. The molecule has 0 radical (unpaired) electrons. The summed E-state index contributed by atoms with van der Waals surface area (Å²) >= 11 is 0. The predicted octanol–water partition coefficient (Wildman–Crippen LogP) is 2.36. The van der Waals surface area contributed by atoms with Crippen LogP contribution in [-0.4, -0.2) is 41.8 Å². The molecule has 6 nitrogen and oxygen atoms in total. The van der Waals surface area contributed by atoms with Crippen LogP contribution in [0, 0.1) is 0 Å². The third-order valence-corrected chi connectivity index (χ3v) is 4.36. The zero-order valence-corrected chi connectivity index (χ0v) is 14.0. The van der Waals surface area contributed by atoms with Crippen LogP contribution in [-0.2, 0) is 10.8 Å². The first-order valence-electron chi connectivity index (χ1n) is 7.46. The molecule has 120 valence electrons. The number of hydrogen-bond acceptors (Lipinski definition) is 5. The molecule has 0 spiro atoms. The number of aromatic nitrogens is 4. The summed E-state index contributed by atoms with van der Waals surface area (Å²) in [5.41, 5.74) is 1.88. The molecule has 2 aromatic heterocycles. The Morgan fingerprint density at radius 2 is 2.09 bits per heavy atom. The fraction of sp³-hybridized carbons (Fsp3) is 0.312. The summed E-state index contributed by atoms with van der Waals surface area (Å²) < 4.78 is 12.9. The molecule has 1 N–H and O–H groups in total. The zero-order valence-electron chi connectivity index (χ0n) is 13.1. The van der Waals surface area contributed by atoms with Crippen molar-refractivity contribution in [3.8, 4) is 11.3 Å². The fourth-order valence-electron chi connectivity index (χ4n) is 2.34. The summed E-state index contributed by atoms with van der Waals surface area (Å²) in [6, 6.07) is 12.1. The molecule has 0 unspecified atom stereocenters. The number of nitrogens with zero attached hydrogens (tertiary/aromatic N) is 4. The Bertz CT molecular complexity index is 818. The summed E-state index contributed by atoms with van der Waals surface area (Å²) in [4.78, 5) is 8.75. The maximum Gasteiger partial charge on any atom is 0.254 e. The minimum Gasteiger partial charge on any atom is -0.367 e. The Hall–Kier alpha value is -2.28. The minimum atomic E-state index is -0.785. The van der Waals surface area contributed by atoms with E-state index in [0.717, 1.165) is 23.5 Å². The van der Waals surface area contributed by atoms with E-state index in [1.54, 1.807) is 10.8 Å². The van der Waals surface area contributed by atoms with Gasteiger partial charge in [0.2, 0.25) is 0 Å². The third kappa shape index (κ3) is 3.73. The highest BCUT2D eigenvalue weighted by Crippen LogP contribution is 2.21. The van der Waals surface area contributed by atoms with Crippen molar-refractivity contribution in [3.63, 3.8) is 0 Å². The Kier molecular flexibility index (Phi) is 4.66. The van der Waals surface area contributed by atoms with Crippen molar-refractivity contribution in [2.24, 2.45) is 0 Å². The summed E-state index contributed by atoms with van der Waals surface area (Å²) in [5.74, 6) is 2.06. The Labute approximate surface area is 137 Å². The van der Waals surface area contributed by atoms with Gasteiger partial charge in [-0.3, -0.25) is 4.21 Å². The van der Waals surface area contributed by atoms with Gasteiger partial charge in [0.1, 0.15) is 12.1 Å². The molecule has 3 rings (SSSR count). The molecule has 23 heavy (non-hydrogen) atoms. The molecule has 0 aliphatic rings. The summed E-state index contributed by atoms with van der Waals surface area (Å²) in [6.07, 6.45) is 4.04. The van der Waals surface area contributed by atoms with Crippen LogP contribution in [0.25, 0.3) is 17.0 Å². The van der Waals surface area contributed by atoms with Crippen LogP contribution in [0.2, 0.25) is 0 Å². The molecule has 2 atom stereocenters. The molecule has 0 amide bonds. The molecule has 3 aromatic rings. The maximum absolute atomic E-state index is 11.3. The number of nitrogens with one attached hydrogen (secondary N) is 1. The number of anilines is 1. The van der Waals surface area contributed by atoms with Gasteiger partial charge in [0, 0.05) is 40.5 Å². The molecule has 0 fully saturated rings. The second kappa shape index (κ2) is 6.87. The van der Waals surface area contributed by atoms with Crippen molar-refractivity contribution in [2.45, 2.75) is 19.4 Å². The molecule has 0 saturated carbocycles. The highest BCUT2D eigenvalue weighted by atomic mass is 32.2. The first-order valence-corrected chi connectivity index (χ1v) is 9.19. The van der Waals surface area contributed by atoms with Crippen LogP contribution in [0.15, 0.2) is 42.7 Å². The fourth-order valence-corrected chi connectivity index (χ4v) is 3.02. The average Bonchev–Trinajstić information content (AvgIpc) is 3.02. The van der Waals surface area contributed by atoms with Crippen molar-refractivity contribution in [1.29, 1.82) is 0 Å². The lowest BCUT2D eigenvalue weighted by Gasteiger charge is -2.16. The van der Waals surface area contributed by atoms with E-state index in [2.05, 4.69) is 27.3 Å². The predicted molar refractivity (Wildman–Crippen MR) is 92.9 cm³/mol. The smallest absolute Gasteiger partial charge is 0.254 e. The van der Waals surface area contributed by atoms with Crippen molar-refractivity contribution < 1.29 is 4.21 Å². The standard InChI is InChI=1S/C16H19N5OS/c1-12(8-9-23(2)22)19-15-10-14(13-6-4-3-5-7-13)20-16-17-11-18-21(15)16/h3-7,10-12,19H,8-9H2,1-2H3/t12-,23+/m1/s1. The molecular weight excluding hydrogens is 310 g/mol. The van der Waals surface area contributed by atoms with E-state index >= 15 is 0 Å². The van der Waals surface area contributed by atoms with Gasteiger partial charge in [-0.15, -0.1) is 0 Å². The van der Waals surface area contributed by atoms with Crippen molar-refractivity contribution in [3.05, 3.63) is 42.7 Å². The van der Waals surface area contributed by atoms with Crippen LogP contribution in [0.3, 0.4) is 0 Å². The van der Waals surface area contributed by atoms with Crippen molar-refractivity contribution >= 4 is 22.4 Å². The van der Waals surface area contributed by atoms with E-state index in [-0.39, 0.29) is 6.04 Å². The van der Waals surface area contributed by atoms with Crippen molar-refractivity contribution in [2.75, 3.05) is 17.3 Å². The van der Waals surface area contributed by atoms with E-state index in [1.807, 2.05) is 36.4 Å². The van der Waals surface area contributed by atoms with E-state index in [0.29, 0.717) is 11.5 Å². The number of benzene rings is 1. The van der Waals surface area contributed by atoms with E-state index in [4.69, 9.17) is 0 Å².